The van der Waals surface area contributed by atoms with Crippen molar-refractivity contribution in [1.29, 1.82) is 0 Å². The molecular formula is C20H25N5O3. The van der Waals surface area contributed by atoms with Gasteiger partial charge in [-0.3, -0.25) is 24.9 Å². The first-order valence-corrected chi connectivity index (χ1v) is 9.58. The Kier molecular flexibility index (Phi) is 4.66. The van der Waals surface area contributed by atoms with Crippen molar-refractivity contribution in [3.05, 3.63) is 46.9 Å². The molecule has 2 aliphatic heterocycles. The molecule has 0 bridgehead atoms. The summed E-state index contributed by atoms with van der Waals surface area (Å²) in [7, 11) is 0. The molecule has 2 aromatic heterocycles. The summed E-state index contributed by atoms with van der Waals surface area (Å²) in [6.45, 7) is 7.74. The smallest absolute Gasteiger partial charge is 0.274 e. The minimum atomic E-state index is -0.562. The van der Waals surface area contributed by atoms with Crippen molar-refractivity contribution >= 4 is 11.8 Å². The van der Waals surface area contributed by atoms with Gasteiger partial charge in [0.2, 0.25) is 11.8 Å². The van der Waals surface area contributed by atoms with Crippen LogP contribution in [-0.2, 0) is 11.3 Å². The van der Waals surface area contributed by atoms with Gasteiger partial charge in [-0.2, -0.15) is 0 Å². The van der Waals surface area contributed by atoms with Crippen molar-refractivity contribution in [2.75, 3.05) is 13.1 Å². The molecule has 8 heteroatoms. The van der Waals surface area contributed by atoms with E-state index in [9.17, 15) is 9.59 Å². The van der Waals surface area contributed by atoms with Gasteiger partial charge < -0.3 is 4.42 Å². The highest BCUT2D eigenvalue weighted by Gasteiger charge is 2.50. The van der Waals surface area contributed by atoms with Crippen LogP contribution < -0.4 is 5.43 Å². The molecule has 2 aliphatic rings. The maximum absolute atomic E-state index is 13.1. The van der Waals surface area contributed by atoms with Crippen LogP contribution in [0.25, 0.3) is 0 Å². The highest BCUT2D eigenvalue weighted by molar-refractivity contribution is 5.97. The van der Waals surface area contributed by atoms with Gasteiger partial charge in [0.1, 0.15) is 5.76 Å². The molecule has 0 aliphatic carbocycles. The number of pyridine rings is 1. The van der Waals surface area contributed by atoms with Crippen LogP contribution in [0, 0.1) is 20.8 Å². The Bertz CT molecular complexity index is 888. The predicted molar refractivity (Wildman–Crippen MR) is 101 cm³/mol. The molecule has 0 saturated carbocycles. The summed E-state index contributed by atoms with van der Waals surface area (Å²) < 4.78 is 5.72. The number of rotatable bonds is 3. The summed E-state index contributed by atoms with van der Waals surface area (Å²) in [4.78, 5) is 36.3. The van der Waals surface area contributed by atoms with Crippen molar-refractivity contribution in [3.8, 4) is 0 Å². The lowest BCUT2D eigenvalue weighted by Gasteiger charge is -2.43. The monoisotopic (exact) mass is 383 g/mol. The third-order valence-electron chi connectivity index (χ3n) is 5.63. The van der Waals surface area contributed by atoms with E-state index in [0.29, 0.717) is 31.0 Å². The molecule has 4 rings (SSSR count). The summed E-state index contributed by atoms with van der Waals surface area (Å²) in [5, 5.41) is 1.53. The minimum Gasteiger partial charge on any atom is -0.444 e. The van der Waals surface area contributed by atoms with Gasteiger partial charge in [-0.15, -0.1) is 0 Å². The predicted octanol–water partition coefficient (Wildman–Crippen LogP) is 1.91. The first-order valence-electron chi connectivity index (χ1n) is 9.58. The van der Waals surface area contributed by atoms with Crippen LogP contribution in [0.5, 0.6) is 0 Å². The standard InChI is InChI=1S/C20H25N5O3/c1-13-5-6-16(10-21-13)19(27)25-20(9-17(26)23-25)7-4-8-24(12-20)11-18-22-14(2)15(3)28-18/h5-6,10H,4,7-9,11-12H2,1-3H3,(H,23,26). The Morgan fingerprint density at radius 2 is 2.14 bits per heavy atom. The number of hydrazine groups is 1. The van der Waals surface area contributed by atoms with E-state index >= 15 is 0 Å². The molecule has 2 amide bonds. The molecule has 1 atom stereocenters. The molecular weight excluding hydrogens is 358 g/mol. The van der Waals surface area contributed by atoms with E-state index in [-0.39, 0.29) is 11.8 Å². The van der Waals surface area contributed by atoms with Gasteiger partial charge in [0.05, 0.1) is 29.8 Å². The number of hydrogen-bond acceptors (Lipinski definition) is 6. The largest absolute Gasteiger partial charge is 0.444 e. The lowest BCUT2D eigenvalue weighted by atomic mass is 9.85. The highest BCUT2D eigenvalue weighted by atomic mass is 16.4. The lowest BCUT2D eigenvalue weighted by molar-refractivity contribution is -0.120. The van der Waals surface area contributed by atoms with E-state index in [1.807, 2.05) is 20.8 Å². The van der Waals surface area contributed by atoms with Gasteiger partial charge >= 0.3 is 0 Å². The van der Waals surface area contributed by atoms with E-state index in [0.717, 1.165) is 36.5 Å². The maximum Gasteiger partial charge on any atom is 0.274 e. The van der Waals surface area contributed by atoms with Crippen LogP contribution in [0.2, 0.25) is 0 Å². The molecule has 8 nitrogen and oxygen atoms in total. The number of piperidine rings is 1. The molecule has 28 heavy (non-hydrogen) atoms. The number of hydrogen-bond donors (Lipinski definition) is 1. The third kappa shape index (κ3) is 3.40. The Balaban J connectivity index is 1.55. The van der Waals surface area contributed by atoms with E-state index in [4.69, 9.17) is 4.42 Å². The molecule has 2 aromatic rings. The lowest BCUT2D eigenvalue weighted by Crippen LogP contribution is -2.59. The quantitative estimate of drug-likeness (QED) is 0.871. The second kappa shape index (κ2) is 7.01. The topological polar surface area (TPSA) is 91.6 Å². The zero-order valence-electron chi connectivity index (χ0n) is 16.5. The highest BCUT2D eigenvalue weighted by Crippen LogP contribution is 2.35. The minimum absolute atomic E-state index is 0.127. The molecule has 148 valence electrons. The second-order valence-electron chi connectivity index (χ2n) is 7.83. The third-order valence-corrected chi connectivity index (χ3v) is 5.63. The Morgan fingerprint density at radius 3 is 2.82 bits per heavy atom. The van der Waals surface area contributed by atoms with Crippen LogP contribution in [0.4, 0.5) is 0 Å². The van der Waals surface area contributed by atoms with Gasteiger partial charge in [0.25, 0.3) is 5.91 Å². The number of aromatic nitrogens is 2. The molecule has 1 spiro atoms. The van der Waals surface area contributed by atoms with Crippen LogP contribution in [0.1, 0.15) is 52.7 Å². The first-order chi connectivity index (χ1) is 13.4. The molecule has 1 N–H and O–H groups in total. The summed E-state index contributed by atoms with van der Waals surface area (Å²) in [5.74, 6) is 1.15. The fourth-order valence-electron chi connectivity index (χ4n) is 4.12. The molecule has 1 unspecified atom stereocenters. The van der Waals surface area contributed by atoms with Crippen molar-refractivity contribution in [1.82, 2.24) is 25.3 Å². The van der Waals surface area contributed by atoms with Gasteiger partial charge in [-0.1, -0.05) is 0 Å². The first kappa shape index (κ1) is 18.6. The summed E-state index contributed by atoms with van der Waals surface area (Å²) >= 11 is 0. The normalized spacial score (nSPS) is 22.7. The summed E-state index contributed by atoms with van der Waals surface area (Å²) in [5.41, 5.74) is 4.43. The SMILES string of the molecule is Cc1ccc(C(=O)N2NC(=O)CC23CCCN(Cc2nc(C)c(C)o2)C3)cn1. The van der Waals surface area contributed by atoms with Crippen molar-refractivity contribution in [2.45, 2.75) is 52.1 Å². The van der Waals surface area contributed by atoms with Gasteiger partial charge in [0, 0.05) is 18.4 Å². The summed E-state index contributed by atoms with van der Waals surface area (Å²) in [6.07, 6.45) is 3.54. The number of nitrogens with zero attached hydrogens (tertiary/aromatic N) is 4. The number of amides is 2. The molecule has 2 saturated heterocycles. The number of likely N-dealkylation sites (tertiary alicyclic amines) is 1. The zero-order chi connectivity index (χ0) is 19.9. The van der Waals surface area contributed by atoms with E-state index < -0.39 is 5.54 Å². The number of oxazole rings is 1. The van der Waals surface area contributed by atoms with Crippen molar-refractivity contribution in [3.63, 3.8) is 0 Å². The second-order valence-corrected chi connectivity index (χ2v) is 7.83. The Labute approximate surface area is 163 Å². The average Bonchev–Trinajstić information content (AvgIpc) is 3.13. The van der Waals surface area contributed by atoms with E-state index in [2.05, 4.69) is 20.3 Å². The number of nitrogens with one attached hydrogen (secondary N) is 1. The maximum atomic E-state index is 13.1. The molecule has 2 fully saturated rings. The van der Waals surface area contributed by atoms with Gasteiger partial charge in [-0.25, -0.2) is 9.99 Å². The van der Waals surface area contributed by atoms with Crippen LogP contribution in [0.3, 0.4) is 0 Å². The number of carbonyl (C=O) groups is 2. The van der Waals surface area contributed by atoms with Crippen molar-refractivity contribution < 1.29 is 14.0 Å². The van der Waals surface area contributed by atoms with E-state index in [1.165, 1.54) is 5.01 Å². The number of carbonyl (C=O) groups excluding carboxylic acids is 2. The molecule has 0 aromatic carbocycles. The molecule has 4 heterocycles. The van der Waals surface area contributed by atoms with Gasteiger partial charge in [0.15, 0.2) is 0 Å². The van der Waals surface area contributed by atoms with Gasteiger partial charge in [-0.05, 0) is 52.3 Å². The van der Waals surface area contributed by atoms with Crippen LogP contribution >= 0.6 is 0 Å². The zero-order valence-corrected chi connectivity index (χ0v) is 16.5. The van der Waals surface area contributed by atoms with Crippen LogP contribution in [-0.4, -0.2) is 50.3 Å². The Morgan fingerprint density at radius 1 is 1.32 bits per heavy atom. The van der Waals surface area contributed by atoms with E-state index in [1.54, 1.807) is 18.3 Å². The molecule has 0 radical (unpaired) electrons. The van der Waals surface area contributed by atoms with Crippen LogP contribution in [0.15, 0.2) is 22.7 Å². The number of aryl methyl sites for hydroxylation is 3. The Hall–Kier alpha value is -2.74. The fourth-order valence-corrected chi connectivity index (χ4v) is 4.12. The summed E-state index contributed by atoms with van der Waals surface area (Å²) in [6, 6.07) is 3.56. The fraction of sp³-hybridized carbons (Fsp3) is 0.500. The van der Waals surface area contributed by atoms with Crippen molar-refractivity contribution in [2.24, 2.45) is 0 Å². The average molecular weight is 383 g/mol.